The van der Waals surface area contributed by atoms with Crippen molar-refractivity contribution < 1.29 is 23.7 Å². The van der Waals surface area contributed by atoms with Gasteiger partial charge in [0.05, 0.1) is 28.4 Å². The molecule has 0 saturated carbocycles. The number of hydrogen-bond acceptors (Lipinski definition) is 6. The Morgan fingerprint density at radius 3 is 2.39 bits per heavy atom. The van der Waals surface area contributed by atoms with Gasteiger partial charge in [-0.05, 0) is 68.5 Å². The second-order valence-electron chi connectivity index (χ2n) is 8.81. The number of nitrogens with one attached hydrogen (secondary N) is 1. The first-order chi connectivity index (χ1) is 16.0. The van der Waals surface area contributed by atoms with Crippen molar-refractivity contribution in [3.8, 4) is 5.75 Å². The van der Waals surface area contributed by atoms with Crippen molar-refractivity contribution in [1.82, 2.24) is 5.32 Å². The Morgan fingerprint density at radius 2 is 1.79 bits per heavy atom. The van der Waals surface area contributed by atoms with Gasteiger partial charge < -0.3 is 29.1 Å². The summed E-state index contributed by atoms with van der Waals surface area (Å²) in [4.78, 5) is 11.6. The van der Waals surface area contributed by atoms with Crippen molar-refractivity contribution in [2.24, 2.45) is 17.3 Å². The third-order valence-electron chi connectivity index (χ3n) is 6.77. The smallest absolute Gasteiger partial charge is 0.199 e. The third-order valence-corrected chi connectivity index (χ3v) is 6.77. The number of benzene rings is 1. The molecule has 0 aliphatic heterocycles. The highest BCUT2D eigenvalue weighted by atomic mass is 16.5. The molecule has 1 aromatic rings. The minimum absolute atomic E-state index is 0.00754. The fourth-order valence-corrected chi connectivity index (χ4v) is 5.07. The van der Waals surface area contributed by atoms with Gasteiger partial charge in [-0.3, -0.25) is 0 Å². The average molecular weight is 460 g/mol. The van der Waals surface area contributed by atoms with Gasteiger partial charge in [-0.25, -0.2) is 0 Å². The average Bonchev–Trinajstić information content (AvgIpc) is 2.83. The summed E-state index contributed by atoms with van der Waals surface area (Å²) in [7, 11) is 6.63. The molecule has 184 valence electrons. The summed E-state index contributed by atoms with van der Waals surface area (Å²) in [6, 6.07) is 8.23. The molecule has 1 aliphatic carbocycles. The first kappa shape index (κ1) is 26.8. The van der Waals surface area contributed by atoms with E-state index >= 15 is 0 Å². The standard InChI is InChI=1S/C27H41NO5/c1-20(2)27(22(13-17-29)19-24(31-4)25(32-5)26(27)33-6)14-9-16-28-15-8-11-21-10-7-12-23(18-21)30-3/h7,10,12,17-20,22,28H,8-9,11,13-16H2,1-6H3/t22-,27?/m1/s1. The van der Waals surface area contributed by atoms with Crippen LogP contribution in [0.1, 0.15) is 45.1 Å². The molecule has 1 aromatic carbocycles. The second-order valence-corrected chi connectivity index (χ2v) is 8.81. The highest BCUT2D eigenvalue weighted by molar-refractivity contribution is 5.52. The van der Waals surface area contributed by atoms with Gasteiger partial charge in [0.2, 0.25) is 0 Å². The molecular weight excluding hydrogens is 418 g/mol. The number of methoxy groups -OCH3 is 4. The maximum absolute atomic E-state index is 11.6. The van der Waals surface area contributed by atoms with E-state index in [1.807, 2.05) is 18.2 Å². The molecule has 0 saturated heterocycles. The van der Waals surface area contributed by atoms with Crippen molar-refractivity contribution in [1.29, 1.82) is 0 Å². The number of rotatable bonds is 15. The van der Waals surface area contributed by atoms with E-state index in [0.29, 0.717) is 17.9 Å². The molecule has 0 bridgehead atoms. The van der Waals surface area contributed by atoms with Crippen molar-refractivity contribution in [3.05, 3.63) is 53.2 Å². The van der Waals surface area contributed by atoms with Crippen LogP contribution in [0.5, 0.6) is 5.75 Å². The zero-order valence-corrected chi connectivity index (χ0v) is 21.1. The van der Waals surface area contributed by atoms with Crippen molar-refractivity contribution in [2.75, 3.05) is 41.5 Å². The van der Waals surface area contributed by atoms with Crippen molar-refractivity contribution in [3.63, 3.8) is 0 Å². The first-order valence-electron chi connectivity index (χ1n) is 11.8. The van der Waals surface area contributed by atoms with Gasteiger partial charge in [-0.2, -0.15) is 0 Å². The van der Waals surface area contributed by atoms with Gasteiger partial charge in [0, 0.05) is 17.8 Å². The van der Waals surface area contributed by atoms with Gasteiger partial charge in [-0.15, -0.1) is 0 Å². The first-order valence-corrected chi connectivity index (χ1v) is 11.8. The molecule has 6 heteroatoms. The number of aryl methyl sites for hydroxylation is 1. The molecule has 0 fully saturated rings. The van der Waals surface area contributed by atoms with Crippen LogP contribution in [0.2, 0.25) is 0 Å². The Labute approximate surface area is 199 Å². The molecule has 1 aliphatic rings. The molecule has 0 spiro atoms. The summed E-state index contributed by atoms with van der Waals surface area (Å²) < 4.78 is 22.5. The Balaban J connectivity index is 2.01. The molecule has 2 atom stereocenters. The lowest BCUT2D eigenvalue weighted by Crippen LogP contribution is -2.42. The summed E-state index contributed by atoms with van der Waals surface area (Å²) in [6.07, 6.45) is 7.38. The van der Waals surface area contributed by atoms with E-state index in [2.05, 4.69) is 31.3 Å². The van der Waals surface area contributed by atoms with Crippen LogP contribution >= 0.6 is 0 Å². The van der Waals surface area contributed by atoms with Gasteiger partial charge >= 0.3 is 0 Å². The molecule has 33 heavy (non-hydrogen) atoms. The molecule has 0 aromatic heterocycles. The maximum Gasteiger partial charge on any atom is 0.199 e. The van der Waals surface area contributed by atoms with Crippen LogP contribution in [0.4, 0.5) is 0 Å². The topological polar surface area (TPSA) is 66.0 Å². The number of allylic oxidation sites excluding steroid dienone is 2. The number of hydrogen-bond donors (Lipinski definition) is 1. The predicted octanol–water partition coefficient (Wildman–Crippen LogP) is 4.89. The molecule has 0 amide bonds. The van der Waals surface area contributed by atoms with E-state index in [1.165, 1.54) is 5.56 Å². The molecule has 1 unspecified atom stereocenters. The minimum Gasteiger partial charge on any atom is -0.497 e. The van der Waals surface area contributed by atoms with E-state index in [1.54, 1.807) is 28.4 Å². The molecule has 0 radical (unpaired) electrons. The fourth-order valence-electron chi connectivity index (χ4n) is 5.07. The molecule has 1 N–H and O–H groups in total. The van der Waals surface area contributed by atoms with E-state index in [0.717, 1.165) is 56.6 Å². The largest absolute Gasteiger partial charge is 0.497 e. The Morgan fingerprint density at radius 1 is 1.03 bits per heavy atom. The Kier molecular flexibility index (Phi) is 10.8. The van der Waals surface area contributed by atoms with Crippen LogP contribution in [-0.4, -0.2) is 47.8 Å². The minimum atomic E-state index is -0.328. The Hall–Kier alpha value is -2.47. The quantitative estimate of drug-likeness (QED) is 0.297. The summed E-state index contributed by atoms with van der Waals surface area (Å²) in [5, 5.41) is 3.58. The van der Waals surface area contributed by atoms with E-state index in [4.69, 9.17) is 18.9 Å². The van der Waals surface area contributed by atoms with Gasteiger partial charge in [-0.1, -0.05) is 26.0 Å². The summed E-state index contributed by atoms with van der Waals surface area (Å²) >= 11 is 0. The van der Waals surface area contributed by atoms with E-state index < -0.39 is 0 Å². The number of ether oxygens (including phenoxy) is 4. The summed E-state index contributed by atoms with van der Waals surface area (Å²) in [5.41, 5.74) is 0.960. The highest BCUT2D eigenvalue weighted by Crippen LogP contribution is 2.53. The lowest BCUT2D eigenvalue weighted by molar-refractivity contribution is -0.109. The van der Waals surface area contributed by atoms with Gasteiger partial charge in [0.15, 0.2) is 11.5 Å². The fraction of sp³-hybridized carbons (Fsp3) is 0.593. The zero-order valence-electron chi connectivity index (χ0n) is 21.1. The van der Waals surface area contributed by atoms with E-state index in [-0.39, 0.29) is 17.3 Å². The normalized spacial score (nSPS) is 20.5. The molecule has 2 rings (SSSR count). The van der Waals surface area contributed by atoms with Crippen LogP contribution in [0, 0.1) is 17.3 Å². The van der Waals surface area contributed by atoms with Crippen LogP contribution in [0.3, 0.4) is 0 Å². The van der Waals surface area contributed by atoms with Crippen molar-refractivity contribution in [2.45, 2.75) is 46.0 Å². The van der Waals surface area contributed by atoms with Gasteiger partial charge in [0.1, 0.15) is 17.8 Å². The van der Waals surface area contributed by atoms with Crippen LogP contribution in [0.25, 0.3) is 0 Å². The lowest BCUT2D eigenvalue weighted by Gasteiger charge is -2.46. The predicted molar refractivity (Wildman–Crippen MR) is 131 cm³/mol. The maximum atomic E-state index is 11.6. The van der Waals surface area contributed by atoms with Crippen LogP contribution in [0.15, 0.2) is 47.6 Å². The number of carbonyl (C=O) groups is 1. The second kappa shape index (κ2) is 13.3. The monoisotopic (exact) mass is 459 g/mol. The lowest BCUT2D eigenvalue weighted by atomic mass is 9.60. The van der Waals surface area contributed by atoms with Crippen LogP contribution in [-0.2, 0) is 25.4 Å². The SMILES string of the molecule is COC1=C[C@@H](CC=O)C(CCCNCCCc2cccc(OC)c2)(C(C)C)C(OC)=C1OC. The number of carbonyl (C=O) groups excluding carboxylic acids is 1. The third kappa shape index (κ3) is 6.32. The highest BCUT2D eigenvalue weighted by Gasteiger charge is 2.49. The van der Waals surface area contributed by atoms with Crippen LogP contribution < -0.4 is 10.1 Å². The summed E-state index contributed by atoms with van der Waals surface area (Å²) in [6.45, 7) is 6.24. The Bertz CT molecular complexity index is 816. The number of aldehydes is 1. The summed E-state index contributed by atoms with van der Waals surface area (Å²) in [5.74, 6) is 3.19. The molecular formula is C27H41NO5. The zero-order chi connectivity index (χ0) is 24.3. The van der Waals surface area contributed by atoms with E-state index in [9.17, 15) is 4.79 Å². The van der Waals surface area contributed by atoms with Crippen molar-refractivity contribution >= 4 is 6.29 Å². The molecule has 6 nitrogen and oxygen atoms in total. The van der Waals surface area contributed by atoms with Gasteiger partial charge in [0.25, 0.3) is 0 Å². The molecule has 0 heterocycles.